The smallest absolute Gasteiger partial charge is 0.344 e. The van der Waals surface area contributed by atoms with Gasteiger partial charge in [0.2, 0.25) is 4.29 Å². The summed E-state index contributed by atoms with van der Waals surface area (Å²) in [5, 5.41) is 2.23. The number of carbonyl (C=O) groups excluding carboxylic acids is 3. The minimum Gasteiger partial charge on any atom is -0.462 e. The van der Waals surface area contributed by atoms with Gasteiger partial charge in [-0.1, -0.05) is 0 Å². The van der Waals surface area contributed by atoms with E-state index in [9.17, 15) is 14.4 Å². The molecule has 1 rings (SSSR count). The van der Waals surface area contributed by atoms with Crippen LogP contribution in [0.5, 0.6) is 0 Å². The molecule has 1 saturated heterocycles. The molecule has 0 aromatic heterocycles. The van der Waals surface area contributed by atoms with Crippen LogP contribution in [0, 0.1) is 11.8 Å². The van der Waals surface area contributed by atoms with Crippen molar-refractivity contribution in [3.63, 3.8) is 0 Å². The zero-order chi connectivity index (χ0) is 22.5. The number of rotatable bonds is 7. The molecule has 0 aliphatic carbocycles. The molecule has 2 N–H and O–H groups in total. The number of ether oxygens (including phenoxy) is 3. The van der Waals surface area contributed by atoms with Gasteiger partial charge in [-0.05, 0) is 109 Å². The van der Waals surface area contributed by atoms with Crippen molar-refractivity contribution < 1.29 is 33.9 Å². The quantitative estimate of drug-likeness (QED) is 0.240. The molecule has 0 bridgehead atoms. The molecule has 1 heterocycles. The van der Waals surface area contributed by atoms with Gasteiger partial charge in [-0.3, -0.25) is 4.79 Å². The normalized spacial score (nSPS) is 16.4. The highest BCUT2D eigenvalue weighted by Gasteiger charge is 2.39. The van der Waals surface area contributed by atoms with Crippen molar-refractivity contribution in [1.29, 1.82) is 0 Å². The Morgan fingerprint density at radius 3 is 1.69 bits per heavy atom. The van der Waals surface area contributed by atoms with Crippen molar-refractivity contribution in [2.45, 2.75) is 36.6 Å². The molecule has 7 nitrogen and oxygen atoms in total. The number of hydrogen-bond acceptors (Lipinski definition) is 6. The van der Waals surface area contributed by atoms with Gasteiger partial charge in [0.25, 0.3) is 0 Å². The van der Waals surface area contributed by atoms with Crippen molar-refractivity contribution in [2.75, 3.05) is 26.3 Å². The number of carbonyl (C=O) groups is 3. The Bertz CT molecular complexity index is 568. The third kappa shape index (κ3) is 10.2. The summed E-state index contributed by atoms with van der Waals surface area (Å²) in [5.41, 5.74) is -0.689. The Labute approximate surface area is 220 Å². The average molecular weight is 804 g/mol. The third-order valence-corrected chi connectivity index (χ3v) is 6.36. The number of piperidine rings is 1. The molecule has 0 aromatic carbocycles. The summed E-state index contributed by atoms with van der Waals surface area (Å²) in [6.45, 7) is 5.08. The first-order valence-electron chi connectivity index (χ1n) is 8.67. The van der Waals surface area contributed by atoms with Gasteiger partial charge in [0.15, 0.2) is 0 Å². The number of nitrogens with two attached hydrogens (primary N) is 1. The van der Waals surface area contributed by atoms with Gasteiger partial charge in [-0.25, -0.2) is 9.59 Å². The molecule has 0 saturated carbocycles. The lowest BCUT2D eigenvalue weighted by Crippen LogP contribution is -2.86. The van der Waals surface area contributed by atoms with Crippen LogP contribution >= 0.6 is 95.6 Å². The maximum absolute atomic E-state index is 12.8. The molecule has 0 atom stereocenters. The lowest BCUT2D eigenvalue weighted by atomic mass is 9.83. The fraction of sp³-hybridized carbons (Fsp3) is 0.812. The first kappa shape index (κ1) is 28.3. The number of alkyl halides is 6. The molecule has 0 spiro atoms. The van der Waals surface area contributed by atoms with Gasteiger partial charge in [-0.2, -0.15) is 0 Å². The third-order valence-electron chi connectivity index (χ3n) is 4.41. The summed E-state index contributed by atoms with van der Waals surface area (Å²) < 4.78 is 13.5. The SMILES string of the molecule is CC(C)(OC(=O)C(COC(=O)C(Br)(Br)Br)COC(=O)C(Br)(Br)Br)C1CC[NH2+]CC1. The predicted molar refractivity (Wildman–Crippen MR) is 129 cm³/mol. The highest BCUT2D eigenvalue weighted by atomic mass is 80.0. The summed E-state index contributed by atoms with van der Waals surface area (Å²) >= 11 is 18.3. The van der Waals surface area contributed by atoms with E-state index in [1.54, 1.807) is 0 Å². The van der Waals surface area contributed by atoms with Crippen LogP contribution in [-0.2, 0) is 28.6 Å². The highest BCUT2D eigenvalue weighted by Crippen LogP contribution is 2.36. The van der Waals surface area contributed by atoms with Crippen LogP contribution in [0.2, 0.25) is 0 Å². The molecular weight excluding hydrogens is 782 g/mol. The largest absolute Gasteiger partial charge is 0.462 e. The van der Waals surface area contributed by atoms with Crippen LogP contribution in [-0.4, -0.2) is 54.1 Å². The minimum atomic E-state index is -1.27. The molecular formula is C16H22Br6NO6+. The van der Waals surface area contributed by atoms with Crippen molar-refractivity contribution >= 4 is 113 Å². The number of esters is 3. The lowest BCUT2D eigenvalue weighted by Gasteiger charge is -2.36. The van der Waals surface area contributed by atoms with Crippen molar-refractivity contribution in [1.82, 2.24) is 0 Å². The zero-order valence-electron chi connectivity index (χ0n) is 15.7. The van der Waals surface area contributed by atoms with Crippen LogP contribution in [0.25, 0.3) is 0 Å². The maximum Gasteiger partial charge on any atom is 0.344 e. The summed E-state index contributed by atoms with van der Waals surface area (Å²) in [4.78, 5) is 36.8. The predicted octanol–water partition coefficient (Wildman–Crippen LogP) is 3.66. The van der Waals surface area contributed by atoms with E-state index in [0.717, 1.165) is 25.9 Å². The standard InChI is InChI=1S/C16H21Br6NO6/c1-14(2,10-3-5-23-6-4-10)29-11(24)9(7-27-12(25)15(17,18)19)8-28-13(26)16(20,21)22/h9-10,23H,3-8H2,1-2H3/p+1. The summed E-state index contributed by atoms with van der Waals surface area (Å²) in [5.74, 6) is -2.75. The molecule has 1 fully saturated rings. The molecule has 0 aromatic rings. The van der Waals surface area contributed by atoms with Crippen LogP contribution in [0.3, 0.4) is 0 Å². The van der Waals surface area contributed by atoms with Gasteiger partial charge in [0, 0.05) is 18.8 Å². The molecule has 0 radical (unpaired) electrons. The Kier molecular flexibility index (Phi) is 11.6. The molecule has 29 heavy (non-hydrogen) atoms. The minimum absolute atomic E-state index is 0.225. The van der Waals surface area contributed by atoms with E-state index >= 15 is 0 Å². The Hall–Kier alpha value is 1.25. The summed E-state index contributed by atoms with van der Waals surface area (Å²) in [7, 11) is 0. The van der Waals surface area contributed by atoms with Gasteiger partial charge >= 0.3 is 17.9 Å². The highest BCUT2D eigenvalue weighted by molar-refractivity contribution is 9.40. The summed E-state index contributed by atoms with van der Waals surface area (Å²) in [6.07, 6.45) is 1.88. The van der Waals surface area contributed by atoms with Crippen LogP contribution in [0.1, 0.15) is 26.7 Å². The van der Waals surface area contributed by atoms with Crippen molar-refractivity contribution in [3.05, 3.63) is 0 Å². The molecule has 0 amide bonds. The number of hydrogen-bond donors (Lipinski definition) is 1. The van der Waals surface area contributed by atoms with Crippen LogP contribution in [0.15, 0.2) is 0 Å². The molecule has 13 heteroatoms. The first-order chi connectivity index (χ1) is 13.1. The molecule has 168 valence electrons. The second-order valence-electron chi connectivity index (χ2n) is 7.05. The topological polar surface area (TPSA) is 95.5 Å². The molecule has 0 unspecified atom stereocenters. The Morgan fingerprint density at radius 1 is 0.897 bits per heavy atom. The van der Waals surface area contributed by atoms with Crippen molar-refractivity contribution in [3.8, 4) is 0 Å². The Balaban J connectivity index is 2.82. The van der Waals surface area contributed by atoms with E-state index in [2.05, 4.69) is 101 Å². The van der Waals surface area contributed by atoms with Crippen LogP contribution < -0.4 is 5.32 Å². The Morgan fingerprint density at radius 2 is 1.31 bits per heavy atom. The maximum atomic E-state index is 12.8. The summed E-state index contributed by atoms with van der Waals surface area (Å²) in [6, 6.07) is 0. The fourth-order valence-electron chi connectivity index (χ4n) is 2.75. The van der Waals surface area contributed by atoms with Gasteiger partial charge in [0.05, 0.1) is 13.1 Å². The molecule has 1 aliphatic heterocycles. The number of quaternary nitrogens is 1. The molecule has 1 aliphatic rings. The van der Waals surface area contributed by atoms with E-state index in [1.807, 2.05) is 13.8 Å². The van der Waals surface area contributed by atoms with Gasteiger partial charge in [0.1, 0.15) is 24.7 Å². The monoisotopic (exact) mass is 798 g/mol. The van der Waals surface area contributed by atoms with E-state index in [4.69, 9.17) is 14.2 Å². The van der Waals surface area contributed by atoms with E-state index in [0.29, 0.717) is 0 Å². The van der Waals surface area contributed by atoms with Crippen molar-refractivity contribution in [2.24, 2.45) is 11.8 Å². The number of halogens is 6. The van der Waals surface area contributed by atoms with Crippen LogP contribution in [0.4, 0.5) is 0 Å². The second-order valence-corrected chi connectivity index (χ2v) is 20.6. The lowest BCUT2D eigenvalue weighted by molar-refractivity contribution is -0.665. The fourth-order valence-corrected chi connectivity index (χ4v) is 3.44. The zero-order valence-corrected chi connectivity index (χ0v) is 25.2. The van der Waals surface area contributed by atoms with E-state index in [-0.39, 0.29) is 19.1 Å². The first-order valence-corrected chi connectivity index (χ1v) is 13.4. The van der Waals surface area contributed by atoms with Gasteiger partial charge in [-0.15, -0.1) is 0 Å². The van der Waals surface area contributed by atoms with E-state index in [1.165, 1.54) is 0 Å². The second kappa shape index (κ2) is 11.9. The van der Waals surface area contributed by atoms with E-state index < -0.39 is 33.7 Å². The average Bonchev–Trinajstić information content (AvgIpc) is 2.59. The van der Waals surface area contributed by atoms with Gasteiger partial charge < -0.3 is 19.5 Å².